The van der Waals surface area contributed by atoms with E-state index in [-0.39, 0.29) is 11.9 Å². The number of amides is 1. The van der Waals surface area contributed by atoms with Crippen LogP contribution in [0.1, 0.15) is 34.6 Å². The SMILES string of the molecule is Cc1ccc(-c2cc(C)c3nc(C(=O)NC[C@@H](N)CCCN)[nH]c3c2)cc1. The van der Waals surface area contributed by atoms with Gasteiger partial charge in [0.05, 0.1) is 11.0 Å². The first-order chi connectivity index (χ1) is 13.0. The third kappa shape index (κ3) is 4.53. The van der Waals surface area contributed by atoms with Crippen molar-refractivity contribution in [3.63, 3.8) is 0 Å². The minimum atomic E-state index is -0.245. The maximum absolute atomic E-state index is 12.4. The van der Waals surface area contributed by atoms with E-state index in [0.717, 1.165) is 40.6 Å². The smallest absolute Gasteiger partial charge is 0.287 e. The van der Waals surface area contributed by atoms with Crippen LogP contribution in [0.25, 0.3) is 22.2 Å². The second-order valence-corrected chi connectivity index (χ2v) is 7.04. The molecule has 0 bridgehead atoms. The topological polar surface area (TPSA) is 110 Å². The molecule has 0 unspecified atom stereocenters. The maximum atomic E-state index is 12.4. The number of H-pyrrole nitrogens is 1. The average molecular weight is 365 g/mol. The average Bonchev–Trinajstić information content (AvgIpc) is 3.10. The molecule has 6 nitrogen and oxygen atoms in total. The first-order valence-electron chi connectivity index (χ1n) is 9.29. The third-order valence-electron chi connectivity index (χ3n) is 4.68. The third-order valence-corrected chi connectivity index (χ3v) is 4.68. The Kier molecular flexibility index (Phi) is 5.88. The second-order valence-electron chi connectivity index (χ2n) is 7.04. The maximum Gasteiger partial charge on any atom is 0.287 e. The van der Waals surface area contributed by atoms with Gasteiger partial charge in [0.1, 0.15) is 0 Å². The van der Waals surface area contributed by atoms with Gasteiger partial charge in [-0.2, -0.15) is 0 Å². The number of nitrogens with two attached hydrogens (primary N) is 2. The number of nitrogens with one attached hydrogen (secondary N) is 2. The quantitative estimate of drug-likeness (QED) is 0.516. The van der Waals surface area contributed by atoms with Gasteiger partial charge in [-0.05, 0) is 62.1 Å². The molecule has 3 rings (SSSR count). The summed E-state index contributed by atoms with van der Waals surface area (Å²) in [5.74, 6) is 0.0610. The van der Waals surface area contributed by atoms with Crippen LogP contribution >= 0.6 is 0 Å². The number of nitrogens with zero attached hydrogens (tertiary/aromatic N) is 1. The lowest BCUT2D eigenvalue weighted by Gasteiger charge is -2.11. The van der Waals surface area contributed by atoms with Crippen LogP contribution in [0.5, 0.6) is 0 Å². The zero-order valence-electron chi connectivity index (χ0n) is 15.9. The molecule has 0 spiro atoms. The summed E-state index contributed by atoms with van der Waals surface area (Å²) >= 11 is 0. The van der Waals surface area contributed by atoms with E-state index in [1.165, 1.54) is 5.56 Å². The monoisotopic (exact) mass is 365 g/mol. The highest BCUT2D eigenvalue weighted by molar-refractivity contribution is 5.95. The fourth-order valence-corrected chi connectivity index (χ4v) is 3.10. The number of aryl methyl sites for hydroxylation is 2. The number of aromatic nitrogens is 2. The van der Waals surface area contributed by atoms with Crippen molar-refractivity contribution in [2.45, 2.75) is 32.7 Å². The second kappa shape index (κ2) is 8.33. The first kappa shape index (κ1) is 19.1. The van der Waals surface area contributed by atoms with Gasteiger partial charge < -0.3 is 21.8 Å². The summed E-state index contributed by atoms with van der Waals surface area (Å²) in [4.78, 5) is 20.0. The zero-order chi connectivity index (χ0) is 19.4. The number of carbonyl (C=O) groups excluding carboxylic acids is 1. The van der Waals surface area contributed by atoms with Crippen molar-refractivity contribution in [3.8, 4) is 11.1 Å². The van der Waals surface area contributed by atoms with Crippen LogP contribution in [-0.2, 0) is 0 Å². The lowest BCUT2D eigenvalue weighted by Crippen LogP contribution is -2.37. The van der Waals surface area contributed by atoms with Crippen LogP contribution in [-0.4, -0.2) is 35.0 Å². The molecule has 0 saturated heterocycles. The Hall–Kier alpha value is -2.70. The van der Waals surface area contributed by atoms with E-state index in [1.807, 2.05) is 13.0 Å². The van der Waals surface area contributed by atoms with E-state index in [4.69, 9.17) is 11.5 Å². The lowest BCUT2D eigenvalue weighted by atomic mass is 10.0. The number of hydrogen-bond donors (Lipinski definition) is 4. The Morgan fingerprint density at radius 3 is 2.63 bits per heavy atom. The summed E-state index contributed by atoms with van der Waals surface area (Å²) in [6.07, 6.45) is 1.64. The molecule has 0 fully saturated rings. The van der Waals surface area contributed by atoms with Crippen molar-refractivity contribution in [3.05, 3.63) is 53.3 Å². The van der Waals surface area contributed by atoms with Gasteiger partial charge in [0.2, 0.25) is 0 Å². The van der Waals surface area contributed by atoms with E-state index < -0.39 is 0 Å². The van der Waals surface area contributed by atoms with E-state index >= 15 is 0 Å². The Bertz CT molecular complexity index is 930. The molecule has 0 aliphatic rings. The number of imidazole rings is 1. The molecule has 3 aromatic rings. The molecule has 6 N–H and O–H groups in total. The number of carbonyl (C=O) groups is 1. The van der Waals surface area contributed by atoms with Crippen LogP contribution in [0.2, 0.25) is 0 Å². The highest BCUT2D eigenvalue weighted by atomic mass is 16.2. The van der Waals surface area contributed by atoms with Crippen LogP contribution in [0.4, 0.5) is 0 Å². The van der Waals surface area contributed by atoms with Gasteiger partial charge in [0, 0.05) is 12.6 Å². The van der Waals surface area contributed by atoms with Crippen LogP contribution in [0, 0.1) is 13.8 Å². The lowest BCUT2D eigenvalue weighted by molar-refractivity contribution is 0.0941. The molecule has 142 valence electrons. The molecule has 1 aromatic heterocycles. The highest BCUT2D eigenvalue weighted by Gasteiger charge is 2.14. The predicted octanol–water partition coefficient (Wildman–Crippen LogP) is 2.64. The minimum absolute atomic E-state index is 0.100. The van der Waals surface area contributed by atoms with Crippen LogP contribution < -0.4 is 16.8 Å². The van der Waals surface area contributed by atoms with Crippen molar-refractivity contribution >= 4 is 16.9 Å². The van der Waals surface area contributed by atoms with Crippen molar-refractivity contribution in [2.24, 2.45) is 11.5 Å². The molecule has 27 heavy (non-hydrogen) atoms. The summed E-state index contributed by atoms with van der Waals surface area (Å²) in [5.41, 5.74) is 17.6. The largest absolute Gasteiger partial charge is 0.348 e. The molecular formula is C21H27N5O. The molecule has 1 amide bonds. The summed E-state index contributed by atoms with van der Waals surface area (Å²) in [7, 11) is 0. The molecule has 1 heterocycles. The standard InChI is InChI=1S/C21H27N5O/c1-13-5-7-15(8-6-13)16-10-14(2)19-18(11-16)25-20(26-19)21(27)24-12-17(23)4-3-9-22/h5-8,10-11,17H,3-4,9,12,22-23H2,1-2H3,(H,24,27)(H,25,26)/t17-/m0/s1. The number of benzene rings is 2. The molecule has 2 aromatic carbocycles. The fourth-order valence-electron chi connectivity index (χ4n) is 3.10. The number of aromatic amines is 1. The van der Waals surface area contributed by atoms with E-state index in [0.29, 0.717) is 18.9 Å². The zero-order valence-corrected chi connectivity index (χ0v) is 15.9. The Balaban J connectivity index is 1.79. The number of hydrogen-bond acceptors (Lipinski definition) is 4. The van der Waals surface area contributed by atoms with E-state index in [1.54, 1.807) is 0 Å². The summed E-state index contributed by atoms with van der Waals surface area (Å²) < 4.78 is 0. The first-order valence-corrected chi connectivity index (χ1v) is 9.29. The van der Waals surface area contributed by atoms with Gasteiger partial charge >= 0.3 is 0 Å². The van der Waals surface area contributed by atoms with Crippen molar-refractivity contribution in [2.75, 3.05) is 13.1 Å². The molecule has 0 aliphatic heterocycles. The summed E-state index contributed by atoms with van der Waals surface area (Å²) in [6, 6.07) is 12.4. The molecule has 0 saturated carbocycles. The van der Waals surface area contributed by atoms with Gasteiger partial charge in [-0.15, -0.1) is 0 Å². The van der Waals surface area contributed by atoms with Crippen molar-refractivity contribution in [1.29, 1.82) is 0 Å². The summed E-state index contributed by atoms with van der Waals surface area (Å²) in [6.45, 7) is 5.09. The van der Waals surface area contributed by atoms with E-state index in [2.05, 4.69) is 52.5 Å². The Labute approximate surface area is 159 Å². The van der Waals surface area contributed by atoms with Gasteiger partial charge in [-0.3, -0.25) is 4.79 Å². The van der Waals surface area contributed by atoms with Gasteiger partial charge in [0.15, 0.2) is 5.82 Å². The van der Waals surface area contributed by atoms with Crippen molar-refractivity contribution < 1.29 is 4.79 Å². The minimum Gasteiger partial charge on any atom is -0.348 e. The normalized spacial score (nSPS) is 12.3. The highest BCUT2D eigenvalue weighted by Crippen LogP contribution is 2.26. The van der Waals surface area contributed by atoms with Crippen molar-refractivity contribution in [1.82, 2.24) is 15.3 Å². The molecule has 0 aliphatic carbocycles. The van der Waals surface area contributed by atoms with Crippen LogP contribution in [0.3, 0.4) is 0 Å². The van der Waals surface area contributed by atoms with Gasteiger partial charge in [-0.1, -0.05) is 29.8 Å². The fraction of sp³-hybridized carbons (Fsp3) is 0.333. The molecular weight excluding hydrogens is 338 g/mol. The number of fused-ring (bicyclic) bond motifs is 1. The molecule has 0 radical (unpaired) electrons. The predicted molar refractivity (Wildman–Crippen MR) is 110 cm³/mol. The Morgan fingerprint density at radius 1 is 1.19 bits per heavy atom. The number of rotatable bonds is 7. The van der Waals surface area contributed by atoms with Crippen LogP contribution in [0.15, 0.2) is 36.4 Å². The van der Waals surface area contributed by atoms with E-state index in [9.17, 15) is 4.79 Å². The Morgan fingerprint density at radius 2 is 1.93 bits per heavy atom. The molecule has 1 atom stereocenters. The summed E-state index contributed by atoms with van der Waals surface area (Å²) in [5, 5.41) is 2.84. The molecule has 6 heteroatoms. The van der Waals surface area contributed by atoms with Gasteiger partial charge in [-0.25, -0.2) is 4.98 Å². The van der Waals surface area contributed by atoms with Gasteiger partial charge in [0.25, 0.3) is 5.91 Å².